The van der Waals surface area contributed by atoms with Crippen LogP contribution in [0.3, 0.4) is 0 Å². The number of nitrogens with two attached hydrogens (primary N) is 1. The molecule has 2 unspecified atom stereocenters. The Hall–Kier alpha value is -3.11. The zero-order valence-electron chi connectivity index (χ0n) is 20.0. The van der Waals surface area contributed by atoms with Crippen molar-refractivity contribution in [1.29, 1.82) is 0 Å². The number of halogens is 2. The Balaban J connectivity index is 1.32. The number of amides is 4. The van der Waals surface area contributed by atoms with Gasteiger partial charge in [0, 0.05) is 56.3 Å². The number of benzene rings is 1. The van der Waals surface area contributed by atoms with Gasteiger partial charge in [0.25, 0.3) is 11.8 Å². The molecule has 0 saturated carbocycles. The Morgan fingerprint density at radius 2 is 1.81 bits per heavy atom. The van der Waals surface area contributed by atoms with Crippen molar-refractivity contribution >= 4 is 29.4 Å². The van der Waals surface area contributed by atoms with Crippen LogP contribution in [-0.4, -0.2) is 79.1 Å². The van der Waals surface area contributed by atoms with Crippen LogP contribution in [0.25, 0.3) is 0 Å². The normalized spacial score (nSPS) is 21.4. The number of hydrogen-bond donors (Lipinski definition) is 3. The van der Waals surface area contributed by atoms with E-state index in [2.05, 4.69) is 15.5 Å². The summed E-state index contributed by atoms with van der Waals surface area (Å²) in [5, 5.41) is 5.44. The van der Waals surface area contributed by atoms with Gasteiger partial charge in [0.2, 0.25) is 0 Å². The molecule has 4 amide bonds. The molecular weight excluding hydrogens is 489 g/mol. The Kier molecular flexibility index (Phi) is 8.48. The average molecular weight is 520 g/mol. The highest BCUT2D eigenvalue weighted by atomic mass is 35.5. The Morgan fingerprint density at radius 1 is 1.08 bits per heavy atom. The van der Waals surface area contributed by atoms with E-state index in [-0.39, 0.29) is 54.8 Å². The molecule has 0 aromatic heterocycles. The van der Waals surface area contributed by atoms with Crippen molar-refractivity contribution in [2.24, 2.45) is 5.73 Å². The third-order valence-corrected chi connectivity index (χ3v) is 6.94. The van der Waals surface area contributed by atoms with Gasteiger partial charge in [0.15, 0.2) is 6.61 Å². The van der Waals surface area contributed by atoms with Crippen LogP contribution < -0.4 is 21.1 Å². The molecule has 0 radical (unpaired) electrons. The van der Waals surface area contributed by atoms with Crippen molar-refractivity contribution in [3.8, 4) is 5.75 Å². The molecule has 1 aromatic rings. The number of carbonyl (C=O) groups is 3. The second-order valence-corrected chi connectivity index (χ2v) is 9.73. The van der Waals surface area contributed by atoms with Crippen LogP contribution in [0.4, 0.5) is 9.18 Å². The topological polar surface area (TPSA) is 117 Å². The maximum atomic E-state index is 13.3. The number of likely N-dealkylation sites (tertiary alicyclic amines) is 1. The molecule has 1 aliphatic carbocycles. The lowest BCUT2D eigenvalue weighted by Crippen LogP contribution is -2.57. The third-order valence-electron chi connectivity index (χ3n) is 6.71. The summed E-state index contributed by atoms with van der Waals surface area (Å²) in [5.41, 5.74) is 6.48. The maximum absolute atomic E-state index is 13.3. The average Bonchev–Trinajstić information content (AvgIpc) is 3.12. The number of nitrogens with one attached hydrogen (secondary N) is 2. The lowest BCUT2D eigenvalue weighted by atomic mass is 10.0. The van der Waals surface area contributed by atoms with Crippen molar-refractivity contribution in [3.05, 3.63) is 52.3 Å². The molecule has 11 heteroatoms. The molecule has 1 aromatic carbocycles. The lowest BCUT2D eigenvalue weighted by Gasteiger charge is -2.41. The fraction of sp³-hybridized carbons (Fsp3) is 0.480. The van der Waals surface area contributed by atoms with Crippen LogP contribution in [0, 0.1) is 0 Å². The fourth-order valence-electron chi connectivity index (χ4n) is 5.07. The van der Waals surface area contributed by atoms with E-state index in [1.54, 1.807) is 12.1 Å². The van der Waals surface area contributed by atoms with Gasteiger partial charge in [-0.25, -0.2) is 9.18 Å². The Labute approximate surface area is 214 Å². The quantitative estimate of drug-likeness (QED) is 0.433. The first kappa shape index (κ1) is 26.0. The summed E-state index contributed by atoms with van der Waals surface area (Å²) in [6, 6.07) is 4.15. The number of carbonyl (C=O) groups excluding carboxylic acids is 3. The predicted octanol–water partition coefficient (Wildman–Crippen LogP) is 2.37. The number of piperazine rings is 1. The number of fused-ring (bicyclic) bond motifs is 2. The largest absolute Gasteiger partial charge is 0.483 e. The van der Waals surface area contributed by atoms with Gasteiger partial charge in [-0.05, 0) is 43.5 Å². The molecule has 2 heterocycles. The molecule has 194 valence electrons. The zero-order valence-corrected chi connectivity index (χ0v) is 20.7. The highest BCUT2D eigenvalue weighted by Crippen LogP contribution is 2.32. The van der Waals surface area contributed by atoms with E-state index in [9.17, 15) is 18.8 Å². The summed E-state index contributed by atoms with van der Waals surface area (Å²) in [6.45, 7) is 2.50. The molecule has 4 N–H and O–H groups in total. The first-order valence-electron chi connectivity index (χ1n) is 12.1. The summed E-state index contributed by atoms with van der Waals surface area (Å²) in [4.78, 5) is 40.8. The van der Waals surface area contributed by atoms with Gasteiger partial charge in [0.05, 0.1) is 5.56 Å². The summed E-state index contributed by atoms with van der Waals surface area (Å²) < 4.78 is 19.1. The van der Waals surface area contributed by atoms with Gasteiger partial charge in [0.1, 0.15) is 11.6 Å². The summed E-state index contributed by atoms with van der Waals surface area (Å²) in [6.07, 6.45) is 6.49. The van der Waals surface area contributed by atoms with Gasteiger partial charge in [-0.1, -0.05) is 23.3 Å². The van der Waals surface area contributed by atoms with Crippen molar-refractivity contribution in [1.82, 2.24) is 20.4 Å². The number of nitrogens with zero attached hydrogens (tertiary/aromatic N) is 2. The van der Waals surface area contributed by atoms with E-state index in [1.807, 2.05) is 11.0 Å². The van der Waals surface area contributed by atoms with E-state index in [0.717, 1.165) is 38.9 Å². The van der Waals surface area contributed by atoms with Crippen LogP contribution in [0.2, 0.25) is 5.02 Å². The van der Waals surface area contributed by atoms with Gasteiger partial charge >= 0.3 is 6.03 Å². The number of primary amides is 1. The van der Waals surface area contributed by atoms with E-state index in [1.165, 1.54) is 17.7 Å². The van der Waals surface area contributed by atoms with Gasteiger partial charge in [-0.3, -0.25) is 14.5 Å². The van der Waals surface area contributed by atoms with Gasteiger partial charge in [-0.2, -0.15) is 0 Å². The lowest BCUT2D eigenvalue weighted by molar-refractivity contribution is -0.139. The van der Waals surface area contributed by atoms with E-state index in [0.29, 0.717) is 11.4 Å². The smallest absolute Gasteiger partial charge is 0.312 e. The van der Waals surface area contributed by atoms with Crippen LogP contribution in [-0.2, 0) is 4.79 Å². The Morgan fingerprint density at radius 3 is 2.47 bits per heavy atom. The minimum Gasteiger partial charge on any atom is -0.483 e. The minimum atomic E-state index is -0.674. The molecule has 2 aliphatic heterocycles. The van der Waals surface area contributed by atoms with E-state index < -0.39 is 11.9 Å². The second-order valence-electron chi connectivity index (χ2n) is 9.29. The van der Waals surface area contributed by atoms with E-state index in [4.69, 9.17) is 22.1 Å². The third kappa shape index (κ3) is 6.55. The Bertz CT molecular complexity index is 1060. The molecule has 2 atom stereocenters. The molecule has 9 nitrogen and oxygen atoms in total. The van der Waals surface area contributed by atoms with Crippen molar-refractivity contribution in [2.45, 2.75) is 37.8 Å². The van der Waals surface area contributed by atoms with Crippen molar-refractivity contribution < 1.29 is 23.5 Å². The number of allylic oxidation sites excluding steroid dienone is 3. The summed E-state index contributed by atoms with van der Waals surface area (Å²) in [7, 11) is 0. The number of rotatable bonds is 9. The number of ether oxygens (including phenoxy) is 1. The van der Waals surface area contributed by atoms with Gasteiger partial charge < -0.3 is 26.0 Å². The number of urea groups is 1. The predicted molar refractivity (Wildman–Crippen MR) is 133 cm³/mol. The number of hydrogen-bond acceptors (Lipinski definition) is 5. The molecule has 2 fully saturated rings. The van der Waals surface area contributed by atoms with Crippen LogP contribution >= 0.6 is 11.6 Å². The van der Waals surface area contributed by atoms with Gasteiger partial charge in [-0.15, -0.1) is 0 Å². The van der Waals surface area contributed by atoms with Crippen molar-refractivity contribution in [3.63, 3.8) is 0 Å². The molecule has 3 aliphatic rings. The van der Waals surface area contributed by atoms with Crippen LogP contribution in [0.5, 0.6) is 5.75 Å². The SMILES string of the molecule is NC(=O)NCCNC(=O)c1ccc(Cl)cc1OCC(=O)N1C2CCC1CN(CC1=CC=C(F)CC1)C2. The second kappa shape index (κ2) is 11.7. The molecule has 0 spiro atoms. The van der Waals surface area contributed by atoms with Crippen molar-refractivity contribution in [2.75, 3.05) is 39.3 Å². The highest BCUT2D eigenvalue weighted by Gasteiger charge is 2.42. The molecule has 2 saturated heterocycles. The monoisotopic (exact) mass is 519 g/mol. The molecule has 36 heavy (non-hydrogen) atoms. The first-order valence-corrected chi connectivity index (χ1v) is 12.5. The summed E-state index contributed by atoms with van der Waals surface area (Å²) in [5.74, 6) is -0.400. The standard InChI is InChI=1S/C25H31ClFN5O4/c26-17-3-8-21(24(34)29-9-10-30-25(28)35)22(11-17)36-15-23(33)32-19-6-7-20(32)14-31(13-19)12-16-1-4-18(27)5-2-16/h1,3-4,8,11,19-20H,2,5-7,9-10,12-15H2,(H,29,34)(H3,28,30,35). The van der Waals surface area contributed by atoms with E-state index >= 15 is 0 Å². The fourth-order valence-corrected chi connectivity index (χ4v) is 5.24. The zero-order chi connectivity index (χ0) is 25.7. The van der Waals surface area contributed by atoms with Crippen LogP contribution in [0.15, 0.2) is 41.8 Å². The molecule has 2 bridgehead atoms. The summed E-state index contributed by atoms with van der Waals surface area (Å²) >= 11 is 6.10. The van der Waals surface area contributed by atoms with Crippen LogP contribution in [0.1, 0.15) is 36.0 Å². The maximum Gasteiger partial charge on any atom is 0.312 e. The molecule has 4 rings (SSSR count). The minimum absolute atomic E-state index is 0.0744. The highest BCUT2D eigenvalue weighted by molar-refractivity contribution is 6.30. The molecular formula is C25H31ClFN5O4. The first-order chi connectivity index (χ1) is 17.3.